The Balaban J connectivity index is 1.52. The van der Waals surface area contributed by atoms with Crippen molar-refractivity contribution in [3.05, 3.63) is 53.1 Å². The maximum Gasteiger partial charge on any atom is 0.242 e. The van der Waals surface area contributed by atoms with Crippen molar-refractivity contribution in [3.63, 3.8) is 0 Å². The molecule has 0 unspecified atom stereocenters. The number of nitrogens with zero attached hydrogens (tertiary/aromatic N) is 4. The second-order valence-electron chi connectivity index (χ2n) is 5.89. The normalized spacial score (nSPS) is 14.6. The van der Waals surface area contributed by atoms with Gasteiger partial charge in [-0.1, -0.05) is 22.0 Å². The molecule has 5 nitrogen and oxygen atoms in total. The Morgan fingerprint density at radius 1 is 1.12 bits per heavy atom. The first-order valence-corrected chi connectivity index (χ1v) is 8.83. The van der Waals surface area contributed by atoms with E-state index >= 15 is 0 Å². The fourth-order valence-corrected chi connectivity index (χ4v) is 3.08. The van der Waals surface area contributed by atoms with Gasteiger partial charge in [0.15, 0.2) is 0 Å². The Labute approximate surface area is 151 Å². The van der Waals surface area contributed by atoms with Crippen molar-refractivity contribution in [3.8, 4) is 0 Å². The molecule has 1 fully saturated rings. The molecule has 1 aliphatic heterocycles. The van der Waals surface area contributed by atoms with Gasteiger partial charge in [0.25, 0.3) is 0 Å². The molecule has 24 heavy (non-hydrogen) atoms. The first-order valence-electron chi connectivity index (χ1n) is 8.04. The van der Waals surface area contributed by atoms with Crippen LogP contribution in [0.3, 0.4) is 0 Å². The molecule has 1 aromatic carbocycles. The number of likely N-dealkylation sites (N-methyl/N-ethyl adjacent to an activating group) is 1. The van der Waals surface area contributed by atoms with Gasteiger partial charge in [0.2, 0.25) is 5.91 Å². The van der Waals surface area contributed by atoms with E-state index in [1.54, 1.807) is 6.20 Å². The average Bonchev–Trinajstić information content (AvgIpc) is 2.63. The lowest BCUT2D eigenvalue weighted by Crippen LogP contribution is -2.51. The highest BCUT2D eigenvalue weighted by Gasteiger charge is 2.22. The topological polar surface area (TPSA) is 39.7 Å². The first kappa shape index (κ1) is 16.8. The van der Waals surface area contributed by atoms with Gasteiger partial charge < -0.3 is 14.7 Å². The Bertz CT molecular complexity index is 669. The summed E-state index contributed by atoms with van der Waals surface area (Å²) in [6.45, 7) is 3.52. The lowest BCUT2D eigenvalue weighted by atomic mass is 10.2. The lowest BCUT2D eigenvalue weighted by Gasteiger charge is -2.36. The fraction of sp³-hybridized carbons (Fsp3) is 0.333. The summed E-state index contributed by atoms with van der Waals surface area (Å²) in [7, 11) is 1.95. The summed E-state index contributed by atoms with van der Waals surface area (Å²) in [5, 5.41) is 0. The highest BCUT2D eigenvalue weighted by Crippen LogP contribution is 2.18. The Morgan fingerprint density at radius 3 is 2.46 bits per heavy atom. The molecule has 3 rings (SSSR count). The highest BCUT2D eigenvalue weighted by atomic mass is 79.9. The predicted octanol–water partition coefficient (Wildman–Crippen LogP) is 2.63. The van der Waals surface area contributed by atoms with Crippen LogP contribution in [0.15, 0.2) is 53.1 Å². The van der Waals surface area contributed by atoms with Crippen LogP contribution in [0.4, 0.5) is 11.5 Å². The molecular weight excluding hydrogens is 368 g/mol. The molecule has 0 saturated carbocycles. The molecule has 1 amide bonds. The average molecular weight is 389 g/mol. The summed E-state index contributed by atoms with van der Waals surface area (Å²) in [5.41, 5.74) is 1.04. The zero-order valence-electron chi connectivity index (χ0n) is 13.7. The number of piperazine rings is 1. The number of halogens is 1. The number of rotatable bonds is 4. The van der Waals surface area contributed by atoms with E-state index in [1.807, 2.05) is 59.3 Å². The van der Waals surface area contributed by atoms with Gasteiger partial charge in [0, 0.05) is 49.6 Å². The molecule has 2 aromatic rings. The fourth-order valence-electron chi connectivity index (χ4n) is 2.82. The number of carbonyl (C=O) groups is 1. The minimum Gasteiger partial charge on any atom is -0.365 e. The lowest BCUT2D eigenvalue weighted by molar-refractivity contribution is -0.129. The minimum absolute atomic E-state index is 0.168. The summed E-state index contributed by atoms with van der Waals surface area (Å²) in [4.78, 5) is 23.1. The molecule has 0 N–H and O–H groups in total. The van der Waals surface area contributed by atoms with E-state index in [0.717, 1.165) is 42.2 Å². The number of aromatic nitrogens is 1. The van der Waals surface area contributed by atoms with Gasteiger partial charge in [-0.2, -0.15) is 0 Å². The first-order chi connectivity index (χ1) is 11.6. The van der Waals surface area contributed by atoms with E-state index in [9.17, 15) is 4.79 Å². The standard InChI is InChI=1S/C18H21BrN4O/c1-21(16-7-5-15(19)6-8-16)14-18(24)23-12-10-22(11-13-23)17-4-2-3-9-20-17/h2-9H,10-14H2,1H3. The van der Waals surface area contributed by atoms with Crippen molar-refractivity contribution in [2.75, 3.05) is 49.6 Å². The third-order valence-corrected chi connectivity index (χ3v) is 4.77. The van der Waals surface area contributed by atoms with Crippen LogP contribution in [0.25, 0.3) is 0 Å². The summed E-state index contributed by atoms with van der Waals surface area (Å²) in [6, 6.07) is 13.9. The predicted molar refractivity (Wildman–Crippen MR) is 100 cm³/mol. The molecule has 0 spiro atoms. The van der Waals surface area contributed by atoms with E-state index in [1.165, 1.54) is 0 Å². The minimum atomic E-state index is 0.168. The van der Waals surface area contributed by atoms with Gasteiger partial charge in [0.05, 0.1) is 6.54 Å². The molecule has 6 heteroatoms. The van der Waals surface area contributed by atoms with Gasteiger partial charge in [-0.25, -0.2) is 4.98 Å². The monoisotopic (exact) mass is 388 g/mol. The third kappa shape index (κ3) is 4.06. The molecule has 0 aliphatic carbocycles. The maximum absolute atomic E-state index is 12.5. The van der Waals surface area contributed by atoms with E-state index in [4.69, 9.17) is 0 Å². The second kappa shape index (κ2) is 7.66. The summed E-state index contributed by atoms with van der Waals surface area (Å²) < 4.78 is 1.04. The summed E-state index contributed by atoms with van der Waals surface area (Å²) >= 11 is 3.43. The number of hydrogen-bond acceptors (Lipinski definition) is 4. The quantitative estimate of drug-likeness (QED) is 0.806. The molecule has 126 valence electrons. The van der Waals surface area contributed by atoms with Crippen molar-refractivity contribution in [2.24, 2.45) is 0 Å². The highest BCUT2D eigenvalue weighted by molar-refractivity contribution is 9.10. The SMILES string of the molecule is CN(CC(=O)N1CCN(c2ccccn2)CC1)c1ccc(Br)cc1. The maximum atomic E-state index is 12.5. The van der Waals surface area contributed by atoms with Gasteiger partial charge >= 0.3 is 0 Å². The van der Waals surface area contributed by atoms with E-state index in [2.05, 4.69) is 25.8 Å². The molecule has 0 radical (unpaired) electrons. The van der Waals surface area contributed by atoms with Crippen LogP contribution in [0.1, 0.15) is 0 Å². The molecule has 0 bridgehead atoms. The summed E-state index contributed by atoms with van der Waals surface area (Å²) in [6.07, 6.45) is 1.81. The zero-order valence-corrected chi connectivity index (χ0v) is 15.3. The number of hydrogen-bond donors (Lipinski definition) is 0. The number of amides is 1. The molecule has 1 aliphatic rings. The van der Waals surface area contributed by atoms with Gasteiger partial charge in [-0.3, -0.25) is 4.79 Å². The molecule has 1 saturated heterocycles. The van der Waals surface area contributed by atoms with Crippen molar-refractivity contribution in [1.82, 2.24) is 9.88 Å². The van der Waals surface area contributed by atoms with Gasteiger partial charge in [-0.15, -0.1) is 0 Å². The smallest absolute Gasteiger partial charge is 0.242 e. The molecule has 0 atom stereocenters. The van der Waals surface area contributed by atoms with E-state index in [-0.39, 0.29) is 5.91 Å². The molecule has 2 heterocycles. The number of benzene rings is 1. The Kier molecular flexibility index (Phi) is 5.35. The van der Waals surface area contributed by atoms with Crippen molar-refractivity contribution in [2.45, 2.75) is 0 Å². The number of carbonyl (C=O) groups excluding carboxylic acids is 1. The van der Waals surface area contributed by atoms with Crippen LogP contribution in [0.2, 0.25) is 0 Å². The van der Waals surface area contributed by atoms with Crippen molar-refractivity contribution in [1.29, 1.82) is 0 Å². The van der Waals surface area contributed by atoms with Crippen LogP contribution in [-0.4, -0.2) is 55.6 Å². The Morgan fingerprint density at radius 2 is 1.83 bits per heavy atom. The van der Waals surface area contributed by atoms with Gasteiger partial charge in [-0.05, 0) is 36.4 Å². The van der Waals surface area contributed by atoms with Crippen molar-refractivity contribution >= 4 is 33.3 Å². The van der Waals surface area contributed by atoms with Crippen LogP contribution in [-0.2, 0) is 4.79 Å². The number of pyridine rings is 1. The molecular formula is C18H21BrN4O. The summed E-state index contributed by atoms with van der Waals surface area (Å²) in [5.74, 6) is 1.15. The second-order valence-corrected chi connectivity index (χ2v) is 6.80. The largest absolute Gasteiger partial charge is 0.365 e. The number of anilines is 2. The molecule has 1 aromatic heterocycles. The van der Waals surface area contributed by atoms with Gasteiger partial charge in [0.1, 0.15) is 5.82 Å². The van der Waals surface area contributed by atoms with Crippen LogP contribution in [0, 0.1) is 0 Å². The van der Waals surface area contributed by atoms with Crippen LogP contribution >= 0.6 is 15.9 Å². The Hall–Kier alpha value is -2.08. The zero-order chi connectivity index (χ0) is 16.9. The van der Waals surface area contributed by atoms with Crippen molar-refractivity contribution < 1.29 is 4.79 Å². The van der Waals surface area contributed by atoms with E-state index < -0.39 is 0 Å². The third-order valence-electron chi connectivity index (χ3n) is 4.25. The van der Waals surface area contributed by atoms with E-state index in [0.29, 0.717) is 6.54 Å². The van der Waals surface area contributed by atoms with Crippen LogP contribution < -0.4 is 9.80 Å². The van der Waals surface area contributed by atoms with Crippen LogP contribution in [0.5, 0.6) is 0 Å².